The summed E-state index contributed by atoms with van der Waals surface area (Å²) in [7, 11) is 3.21. The van der Waals surface area contributed by atoms with Crippen molar-refractivity contribution in [2.45, 2.75) is 19.3 Å². The second-order valence-corrected chi connectivity index (χ2v) is 2.90. The minimum absolute atomic E-state index is 0.0380. The van der Waals surface area contributed by atoms with Crippen molar-refractivity contribution in [2.24, 2.45) is 0 Å². The van der Waals surface area contributed by atoms with Crippen LogP contribution in [0.4, 0.5) is 5.69 Å². The molecule has 1 aromatic heterocycles. The van der Waals surface area contributed by atoms with E-state index in [4.69, 9.17) is 9.47 Å². The third-order valence-electron chi connectivity index (χ3n) is 1.83. The van der Waals surface area contributed by atoms with Gasteiger partial charge in [-0.25, -0.2) is 9.97 Å². The molecule has 78 valence electrons. The summed E-state index contributed by atoms with van der Waals surface area (Å²) in [4.78, 5) is 7.79. The molecule has 0 saturated carbocycles. The fourth-order valence-electron chi connectivity index (χ4n) is 1.21. The van der Waals surface area contributed by atoms with Gasteiger partial charge in [0.2, 0.25) is 0 Å². The van der Waals surface area contributed by atoms with Gasteiger partial charge in [-0.15, -0.1) is 0 Å². The molecule has 1 atom stereocenters. The van der Waals surface area contributed by atoms with Crippen LogP contribution in [0.15, 0.2) is 18.7 Å². The van der Waals surface area contributed by atoms with Crippen molar-refractivity contribution < 1.29 is 9.47 Å². The fourth-order valence-corrected chi connectivity index (χ4v) is 1.21. The molecule has 0 spiro atoms. The minimum Gasteiger partial charge on any atom is -0.375 e. The van der Waals surface area contributed by atoms with Crippen LogP contribution in [0.3, 0.4) is 0 Å². The van der Waals surface area contributed by atoms with Crippen LogP contribution in [-0.4, -0.2) is 36.5 Å². The average molecular weight is 197 g/mol. The summed E-state index contributed by atoms with van der Waals surface area (Å²) in [6, 6.07) is 0.0380. The van der Waals surface area contributed by atoms with Crippen molar-refractivity contribution in [1.29, 1.82) is 0 Å². The molecule has 5 heteroatoms. The Kier molecular flexibility index (Phi) is 4.28. The molecule has 0 aromatic carbocycles. The van der Waals surface area contributed by atoms with Gasteiger partial charge in [0.1, 0.15) is 6.33 Å². The van der Waals surface area contributed by atoms with Gasteiger partial charge in [0.25, 0.3) is 0 Å². The maximum atomic E-state index is 5.11. The van der Waals surface area contributed by atoms with Gasteiger partial charge in [-0.05, 0) is 6.92 Å². The zero-order valence-corrected chi connectivity index (χ0v) is 8.60. The van der Waals surface area contributed by atoms with E-state index in [0.29, 0.717) is 0 Å². The molecule has 1 heterocycles. The van der Waals surface area contributed by atoms with Crippen LogP contribution in [0.25, 0.3) is 0 Å². The number of anilines is 1. The van der Waals surface area contributed by atoms with Crippen LogP contribution in [0.1, 0.15) is 6.92 Å². The van der Waals surface area contributed by atoms with E-state index in [9.17, 15) is 0 Å². The van der Waals surface area contributed by atoms with E-state index in [-0.39, 0.29) is 12.3 Å². The number of ether oxygens (including phenoxy) is 2. The van der Waals surface area contributed by atoms with Crippen molar-refractivity contribution in [3.63, 3.8) is 0 Å². The average Bonchev–Trinajstić information content (AvgIpc) is 2.21. The Morgan fingerprint density at radius 3 is 2.29 bits per heavy atom. The molecule has 0 saturated heterocycles. The predicted molar refractivity (Wildman–Crippen MR) is 52.9 cm³/mol. The highest BCUT2D eigenvalue weighted by molar-refractivity contribution is 5.38. The molecule has 0 aliphatic carbocycles. The normalized spacial score (nSPS) is 12.9. The predicted octanol–water partition coefficient (Wildman–Crippen LogP) is 0.896. The molecule has 0 aliphatic heterocycles. The smallest absolute Gasteiger partial charge is 0.176 e. The first-order chi connectivity index (χ1) is 6.77. The first-order valence-electron chi connectivity index (χ1n) is 4.35. The van der Waals surface area contributed by atoms with Gasteiger partial charge in [0.05, 0.1) is 24.1 Å². The summed E-state index contributed by atoms with van der Waals surface area (Å²) in [5.74, 6) is 0. The molecule has 0 fully saturated rings. The number of aromatic nitrogens is 2. The highest BCUT2D eigenvalue weighted by atomic mass is 16.7. The molecule has 0 bridgehead atoms. The van der Waals surface area contributed by atoms with Crippen molar-refractivity contribution >= 4 is 5.69 Å². The molecular weight excluding hydrogens is 182 g/mol. The standard InChI is InChI=1S/C9H15N3O2/c1-7(9(13-2)14-3)12-8-4-10-6-11-5-8/h4-7,9,12H,1-3H3. The van der Waals surface area contributed by atoms with Gasteiger partial charge in [-0.1, -0.05) is 0 Å². The van der Waals surface area contributed by atoms with Gasteiger partial charge in [-0.3, -0.25) is 0 Å². The number of rotatable bonds is 5. The summed E-state index contributed by atoms with van der Waals surface area (Å²) >= 11 is 0. The van der Waals surface area contributed by atoms with Crippen molar-refractivity contribution in [3.8, 4) is 0 Å². The Labute approximate surface area is 83.5 Å². The van der Waals surface area contributed by atoms with Crippen LogP contribution >= 0.6 is 0 Å². The summed E-state index contributed by atoms with van der Waals surface area (Å²) in [5.41, 5.74) is 0.846. The zero-order valence-electron chi connectivity index (χ0n) is 8.60. The monoisotopic (exact) mass is 197 g/mol. The molecule has 0 aliphatic rings. The second kappa shape index (κ2) is 5.51. The van der Waals surface area contributed by atoms with Gasteiger partial charge in [0, 0.05) is 14.2 Å². The third kappa shape index (κ3) is 2.93. The maximum Gasteiger partial charge on any atom is 0.176 e. The molecule has 1 N–H and O–H groups in total. The zero-order chi connectivity index (χ0) is 10.4. The summed E-state index contributed by atoms with van der Waals surface area (Å²) < 4.78 is 10.2. The lowest BCUT2D eigenvalue weighted by Crippen LogP contribution is -2.33. The molecule has 5 nitrogen and oxygen atoms in total. The molecular formula is C9H15N3O2. The van der Waals surface area contributed by atoms with Crippen LogP contribution in [0.2, 0.25) is 0 Å². The molecule has 14 heavy (non-hydrogen) atoms. The van der Waals surface area contributed by atoms with Crippen LogP contribution < -0.4 is 5.32 Å². The molecule has 0 radical (unpaired) electrons. The van der Waals surface area contributed by atoms with Gasteiger partial charge >= 0.3 is 0 Å². The number of hydrogen-bond donors (Lipinski definition) is 1. The van der Waals surface area contributed by atoms with Crippen molar-refractivity contribution in [2.75, 3.05) is 19.5 Å². The third-order valence-corrected chi connectivity index (χ3v) is 1.83. The highest BCUT2D eigenvalue weighted by Gasteiger charge is 2.15. The second-order valence-electron chi connectivity index (χ2n) is 2.90. The van der Waals surface area contributed by atoms with E-state index in [1.54, 1.807) is 26.6 Å². The maximum absolute atomic E-state index is 5.11. The minimum atomic E-state index is -0.282. The summed E-state index contributed by atoms with van der Waals surface area (Å²) in [5, 5.41) is 3.17. The number of nitrogens with zero attached hydrogens (tertiary/aromatic N) is 2. The Morgan fingerprint density at radius 2 is 1.79 bits per heavy atom. The van der Waals surface area contributed by atoms with Crippen LogP contribution in [0.5, 0.6) is 0 Å². The lowest BCUT2D eigenvalue weighted by atomic mass is 10.3. The summed E-state index contributed by atoms with van der Waals surface area (Å²) in [6.45, 7) is 1.96. The van der Waals surface area contributed by atoms with E-state index in [1.165, 1.54) is 6.33 Å². The fraction of sp³-hybridized carbons (Fsp3) is 0.556. The molecule has 1 aromatic rings. The van der Waals surface area contributed by atoms with Crippen molar-refractivity contribution in [1.82, 2.24) is 9.97 Å². The Bertz CT molecular complexity index is 251. The Morgan fingerprint density at radius 1 is 1.21 bits per heavy atom. The van der Waals surface area contributed by atoms with Gasteiger partial charge in [-0.2, -0.15) is 0 Å². The topological polar surface area (TPSA) is 56.3 Å². The summed E-state index contributed by atoms with van der Waals surface area (Å²) in [6.07, 6.45) is 4.60. The Balaban J connectivity index is 2.52. The van der Waals surface area contributed by atoms with Crippen molar-refractivity contribution in [3.05, 3.63) is 18.7 Å². The highest BCUT2D eigenvalue weighted by Crippen LogP contribution is 2.07. The lowest BCUT2D eigenvalue weighted by Gasteiger charge is -2.22. The first-order valence-corrected chi connectivity index (χ1v) is 4.35. The SMILES string of the molecule is COC(OC)C(C)Nc1cncnc1. The lowest BCUT2D eigenvalue weighted by molar-refractivity contribution is -0.109. The number of nitrogens with one attached hydrogen (secondary N) is 1. The van der Waals surface area contributed by atoms with Gasteiger partial charge < -0.3 is 14.8 Å². The van der Waals surface area contributed by atoms with Crippen LogP contribution in [-0.2, 0) is 9.47 Å². The molecule has 0 amide bonds. The van der Waals surface area contributed by atoms with E-state index >= 15 is 0 Å². The van der Waals surface area contributed by atoms with E-state index in [0.717, 1.165) is 5.69 Å². The van der Waals surface area contributed by atoms with Gasteiger partial charge in [0.15, 0.2) is 6.29 Å². The number of methoxy groups -OCH3 is 2. The quantitative estimate of drug-likeness (QED) is 0.710. The molecule has 1 unspecified atom stereocenters. The Hall–Kier alpha value is -1.20. The largest absolute Gasteiger partial charge is 0.375 e. The van der Waals surface area contributed by atoms with Crippen LogP contribution in [0, 0.1) is 0 Å². The van der Waals surface area contributed by atoms with E-state index in [1.807, 2.05) is 6.92 Å². The first kappa shape index (κ1) is 10.9. The molecule has 1 rings (SSSR count). The number of hydrogen-bond acceptors (Lipinski definition) is 5. The van der Waals surface area contributed by atoms with E-state index < -0.39 is 0 Å². The van der Waals surface area contributed by atoms with E-state index in [2.05, 4.69) is 15.3 Å².